The van der Waals surface area contributed by atoms with E-state index in [1.807, 2.05) is 36.4 Å². The number of nitrogen functional groups attached to an aromatic ring is 1. The van der Waals surface area contributed by atoms with Gasteiger partial charge in [0, 0.05) is 21.9 Å². The molecule has 4 rings (SSSR count). The Morgan fingerprint density at radius 2 is 1.92 bits per heavy atom. The maximum atomic E-state index is 6.50. The van der Waals surface area contributed by atoms with E-state index in [9.17, 15) is 0 Å². The molecule has 0 fully saturated rings. The number of hydrogen-bond acceptors (Lipinski definition) is 4. The van der Waals surface area contributed by atoms with Crippen LogP contribution in [0.2, 0.25) is 4.34 Å². The van der Waals surface area contributed by atoms with E-state index in [-0.39, 0.29) is 6.04 Å². The quantitative estimate of drug-likeness (QED) is 0.485. The number of H-pyrrole nitrogens is 1. The van der Waals surface area contributed by atoms with E-state index in [2.05, 4.69) is 28.4 Å². The molecule has 0 aliphatic heterocycles. The molecule has 2 heterocycles. The second kappa shape index (κ2) is 6.52. The number of rotatable bonds is 4. The number of fused-ring (bicyclic) bond motifs is 1. The fourth-order valence-electron chi connectivity index (χ4n) is 2.94. The third-order valence-electron chi connectivity index (χ3n) is 4.27. The fraction of sp³-hybridized carbons (Fsp3) is 0.105. The highest BCUT2D eigenvalue weighted by atomic mass is 35.5. The van der Waals surface area contributed by atoms with Crippen LogP contribution in [-0.4, -0.2) is 10.2 Å². The smallest absolute Gasteiger partial charge is 0.153 e. The Hall–Kier alpha value is -2.34. The molecule has 25 heavy (non-hydrogen) atoms. The summed E-state index contributed by atoms with van der Waals surface area (Å²) in [4.78, 5) is 1.08. The van der Waals surface area contributed by atoms with E-state index >= 15 is 0 Å². The lowest BCUT2D eigenvalue weighted by molar-refractivity contribution is 0.737. The number of halogens is 1. The monoisotopic (exact) mass is 368 g/mol. The van der Waals surface area contributed by atoms with Crippen molar-refractivity contribution < 1.29 is 0 Å². The van der Waals surface area contributed by atoms with Gasteiger partial charge in [-0.2, -0.15) is 5.10 Å². The van der Waals surface area contributed by atoms with Crippen LogP contribution < -0.4 is 11.5 Å². The van der Waals surface area contributed by atoms with E-state index in [0.29, 0.717) is 5.82 Å². The predicted octanol–water partition coefficient (Wildman–Crippen LogP) is 4.77. The Bertz CT molecular complexity index is 1020. The summed E-state index contributed by atoms with van der Waals surface area (Å²) in [5.41, 5.74) is 16.4. The molecular formula is C19H17ClN4S. The van der Waals surface area contributed by atoms with Gasteiger partial charge < -0.3 is 11.5 Å². The number of nitrogens with zero attached hydrogens (tertiary/aromatic N) is 1. The highest BCUT2D eigenvalue weighted by molar-refractivity contribution is 7.16. The lowest BCUT2D eigenvalue weighted by Gasteiger charge is -2.09. The van der Waals surface area contributed by atoms with Crippen LogP contribution in [0.5, 0.6) is 0 Å². The summed E-state index contributed by atoms with van der Waals surface area (Å²) >= 11 is 8.03. The standard InChI is InChI=1S/C19H17ClN4S/c20-18-14(12-6-7-13-16(9-12)23-24-19(13)22)10-17(25-18)15(21)8-11-4-2-1-3-5-11/h1-7,9-10,15H,8,21H2,(H3,22,23,24). The predicted molar refractivity (Wildman–Crippen MR) is 106 cm³/mol. The Morgan fingerprint density at radius 1 is 1.12 bits per heavy atom. The van der Waals surface area contributed by atoms with E-state index in [1.54, 1.807) is 0 Å². The van der Waals surface area contributed by atoms with Gasteiger partial charge in [-0.3, -0.25) is 5.10 Å². The molecule has 1 unspecified atom stereocenters. The van der Waals surface area contributed by atoms with Crippen molar-refractivity contribution in [3.8, 4) is 11.1 Å². The summed E-state index contributed by atoms with van der Waals surface area (Å²) in [5, 5.41) is 7.89. The molecule has 0 aliphatic carbocycles. The first kappa shape index (κ1) is 16.1. The molecule has 1 atom stereocenters. The van der Waals surface area contributed by atoms with Crippen LogP contribution in [0, 0.1) is 0 Å². The van der Waals surface area contributed by atoms with Crippen LogP contribution in [0.3, 0.4) is 0 Å². The number of thiophene rings is 1. The van der Waals surface area contributed by atoms with Gasteiger partial charge in [0.2, 0.25) is 0 Å². The van der Waals surface area contributed by atoms with Crippen LogP contribution in [0.4, 0.5) is 5.82 Å². The minimum Gasteiger partial charge on any atom is -0.382 e. The Balaban J connectivity index is 1.64. The maximum absolute atomic E-state index is 6.50. The third kappa shape index (κ3) is 3.14. The SMILES string of the molecule is Nc1n[nH]c2cc(-c3cc(C(N)Cc4ccccc4)sc3Cl)ccc12. The Labute approximate surface area is 154 Å². The number of aromatic amines is 1. The summed E-state index contributed by atoms with van der Waals surface area (Å²) < 4.78 is 0.741. The van der Waals surface area contributed by atoms with Gasteiger partial charge in [0.05, 0.1) is 5.52 Å². The highest BCUT2D eigenvalue weighted by Gasteiger charge is 2.16. The van der Waals surface area contributed by atoms with Crippen molar-refractivity contribution in [3.63, 3.8) is 0 Å². The second-order valence-corrected chi connectivity index (χ2v) is 7.69. The third-order valence-corrected chi connectivity index (χ3v) is 5.76. The van der Waals surface area contributed by atoms with Gasteiger partial charge in [-0.05, 0) is 35.7 Å². The lowest BCUT2D eigenvalue weighted by atomic mass is 10.0. The Morgan fingerprint density at radius 3 is 2.72 bits per heavy atom. The van der Waals surface area contributed by atoms with Gasteiger partial charge in [-0.1, -0.05) is 48.0 Å². The minimum absolute atomic E-state index is 0.0785. The average Bonchev–Trinajstić information content (AvgIpc) is 3.19. The first-order chi connectivity index (χ1) is 12.1. The van der Waals surface area contributed by atoms with Crippen LogP contribution in [0.15, 0.2) is 54.6 Å². The molecule has 0 saturated carbocycles. The van der Waals surface area contributed by atoms with Crippen LogP contribution in [0.1, 0.15) is 16.5 Å². The zero-order valence-electron chi connectivity index (χ0n) is 13.4. The molecule has 6 heteroatoms. The van der Waals surface area contributed by atoms with Gasteiger partial charge in [0.25, 0.3) is 0 Å². The number of nitrogens with two attached hydrogens (primary N) is 2. The zero-order chi connectivity index (χ0) is 17.4. The van der Waals surface area contributed by atoms with Gasteiger partial charge >= 0.3 is 0 Å². The van der Waals surface area contributed by atoms with Crippen molar-refractivity contribution in [1.29, 1.82) is 0 Å². The first-order valence-electron chi connectivity index (χ1n) is 7.94. The summed E-state index contributed by atoms with van der Waals surface area (Å²) in [5.74, 6) is 0.503. The van der Waals surface area contributed by atoms with Gasteiger partial charge in [0.15, 0.2) is 5.82 Å². The van der Waals surface area contributed by atoms with Crippen molar-refractivity contribution in [2.75, 3.05) is 5.73 Å². The molecule has 0 radical (unpaired) electrons. The molecule has 0 amide bonds. The lowest BCUT2D eigenvalue weighted by Crippen LogP contribution is -2.11. The maximum Gasteiger partial charge on any atom is 0.153 e. The molecule has 0 aliphatic rings. The van der Waals surface area contributed by atoms with Crippen LogP contribution in [-0.2, 0) is 6.42 Å². The van der Waals surface area contributed by atoms with E-state index in [4.69, 9.17) is 23.1 Å². The number of anilines is 1. The normalized spacial score (nSPS) is 12.6. The molecule has 0 saturated heterocycles. The van der Waals surface area contributed by atoms with Crippen molar-refractivity contribution >= 4 is 39.7 Å². The van der Waals surface area contributed by atoms with E-state index < -0.39 is 0 Å². The van der Waals surface area contributed by atoms with Crippen LogP contribution in [0.25, 0.3) is 22.0 Å². The van der Waals surface area contributed by atoms with E-state index in [1.165, 1.54) is 16.9 Å². The molecule has 2 aromatic heterocycles. The molecule has 0 spiro atoms. The first-order valence-corrected chi connectivity index (χ1v) is 9.14. The van der Waals surface area contributed by atoms with E-state index in [0.717, 1.165) is 37.7 Å². The zero-order valence-corrected chi connectivity index (χ0v) is 14.9. The molecule has 0 bridgehead atoms. The molecule has 4 nitrogen and oxygen atoms in total. The topological polar surface area (TPSA) is 80.7 Å². The van der Waals surface area contributed by atoms with Gasteiger partial charge in [0.1, 0.15) is 4.34 Å². The van der Waals surface area contributed by atoms with Crippen molar-refractivity contribution in [2.24, 2.45) is 5.73 Å². The van der Waals surface area contributed by atoms with Crippen molar-refractivity contribution in [3.05, 3.63) is 69.4 Å². The molecule has 2 aromatic carbocycles. The largest absolute Gasteiger partial charge is 0.382 e. The van der Waals surface area contributed by atoms with Crippen molar-refractivity contribution in [2.45, 2.75) is 12.5 Å². The molecular weight excluding hydrogens is 352 g/mol. The summed E-state index contributed by atoms with van der Waals surface area (Å²) in [6, 6.07) is 18.2. The minimum atomic E-state index is -0.0785. The molecule has 126 valence electrons. The summed E-state index contributed by atoms with van der Waals surface area (Å²) in [6.45, 7) is 0. The highest BCUT2D eigenvalue weighted by Crippen LogP contribution is 2.39. The average molecular weight is 369 g/mol. The number of benzene rings is 2. The Kier molecular flexibility index (Phi) is 4.21. The van der Waals surface area contributed by atoms with Crippen LogP contribution >= 0.6 is 22.9 Å². The second-order valence-electron chi connectivity index (χ2n) is 6.00. The van der Waals surface area contributed by atoms with Gasteiger partial charge in [-0.25, -0.2) is 0 Å². The molecule has 4 aromatic rings. The summed E-state index contributed by atoms with van der Waals surface area (Å²) in [7, 11) is 0. The number of aromatic nitrogens is 2. The molecule has 5 N–H and O–H groups in total. The number of nitrogens with one attached hydrogen (secondary N) is 1. The van der Waals surface area contributed by atoms with Crippen molar-refractivity contribution in [1.82, 2.24) is 10.2 Å². The fourth-order valence-corrected chi connectivity index (χ4v) is 4.28. The summed E-state index contributed by atoms with van der Waals surface area (Å²) in [6.07, 6.45) is 0.785. The van der Waals surface area contributed by atoms with Gasteiger partial charge in [-0.15, -0.1) is 11.3 Å². The number of hydrogen-bond donors (Lipinski definition) is 3.